The number of anilines is 1. The minimum Gasteiger partial charge on any atom is -0.436 e. The van der Waals surface area contributed by atoms with Crippen LogP contribution in [0.25, 0.3) is 22.6 Å². The highest BCUT2D eigenvalue weighted by Crippen LogP contribution is 2.27. The quantitative estimate of drug-likeness (QED) is 0.510. The van der Waals surface area contributed by atoms with Crippen LogP contribution in [0.4, 0.5) is 5.69 Å². The summed E-state index contributed by atoms with van der Waals surface area (Å²) in [4.78, 5) is 20.8. The van der Waals surface area contributed by atoms with Gasteiger partial charge in [0.15, 0.2) is 5.58 Å². The number of pyridine rings is 1. The van der Waals surface area contributed by atoms with Crippen LogP contribution in [0.1, 0.15) is 10.4 Å². The summed E-state index contributed by atoms with van der Waals surface area (Å²) in [5.74, 6) is 0.201. The molecule has 0 aliphatic carbocycles. The van der Waals surface area contributed by atoms with E-state index < -0.39 is 0 Å². The Balaban J connectivity index is 1.61. The fourth-order valence-electron chi connectivity index (χ4n) is 2.46. The summed E-state index contributed by atoms with van der Waals surface area (Å²) >= 11 is 11.8. The van der Waals surface area contributed by atoms with Gasteiger partial charge in [-0.25, -0.2) is 4.98 Å². The monoisotopic (exact) mass is 383 g/mol. The fraction of sp³-hybridized carbons (Fsp3) is 0. The Bertz CT molecular complexity index is 1110. The Morgan fingerprint density at radius 3 is 2.54 bits per heavy atom. The first-order chi connectivity index (χ1) is 12.6. The molecule has 128 valence electrons. The minimum absolute atomic E-state index is 0.295. The van der Waals surface area contributed by atoms with Gasteiger partial charge >= 0.3 is 0 Å². The third-order valence-corrected chi connectivity index (χ3v) is 4.49. The smallest absolute Gasteiger partial charge is 0.255 e. The summed E-state index contributed by atoms with van der Waals surface area (Å²) in [5.41, 5.74) is 3.10. The molecule has 1 N–H and O–H groups in total. The van der Waals surface area contributed by atoms with Crippen LogP contribution in [0.5, 0.6) is 0 Å². The van der Waals surface area contributed by atoms with Gasteiger partial charge < -0.3 is 9.73 Å². The molecule has 0 aliphatic rings. The fourth-order valence-corrected chi connectivity index (χ4v) is 2.76. The summed E-state index contributed by atoms with van der Waals surface area (Å²) in [5, 5.41) is 3.53. The molecule has 7 heteroatoms. The maximum atomic E-state index is 12.4. The van der Waals surface area contributed by atoms with E-state index in [1.807, 2.05) is 12.1 Å². The van der Waals surface area contributed by atoms with Crippen molar-refractivity contribution in [1.29, 1.82) is 0 Å². The number of benzene rings is 2. The van der Waals surface area contributed by atoms with Crippen LogP contribution in [0, 0.1) is 0 Å². The summed E-state index contributed by atoms with van der Waals surface area (Å²) in [6.07, 6.45) is 3.35. The molecule has 2 aromatic heterocycles. The molecule has 4 rings (SSSR count). The molecular weight excluding hydrogens is 373 g/mol. The minimum atomic E-state index is -0.295. The average molecular weight is 384 g/mol. The van der Waals surface area contributed by atoms with Crippen LogP contribution >= 0.6 is 23.2 Å². The predicted molar refractivity (Wildman–Crippen MR) is 102 cm³/mol. The second kappa shape index (κ2) is 6.78. The predicted octanol–water partition coefficient (Wildman–Crippen LogP) is 5.45. The zero-order valence-corrected chi connectivity index (χ0v) is 14.8. The van der Waals surface area contributed by atoms with Crippen LogP contribution < -0.4 is 5.32 Å². The number of aromatic nitrogens is 2. The van der Waals surface area contributed by atoms with Crippen LogP contribution in [0.3, 0.4) is 0 Å². The highest BCUT2D eigenvalue weighted by molar-refractivity contribution is 6.42. The molecule has 4 aromatic rings. The number of hydrogen-bond donors (Lipinski definition) is 1. The van der Waals surface area contributed by atoms with E-state index in [9.17, 15) is 4.79 Å². The van der Waals surface area contributed by atoms with E-state index in [0.717, 1.165) is 5.56 Å². The summed E-state index contributed by atoms with van der Waals surface area (Å²) in [7, 11) is 0. The first-order valence-corrected chi connectivity index (χ1v) is 8.43. The Morgan fingerprint density at radius 2 is 1.77 bits per heavy atom. The van der Waals surface area contributed by atoms with Crippen LogP contribution in [0.15, 0.2) is 65.3 Å². The van der Waals surface area contributed by atoms with Gasteiger partial charge in [0.25, 0.3) is 5.91 Å². The number of nitrogens with one attached hydrogen (secondary N) is 1. The van der Waals surface area contributed by atoms with Crippen molar-refractivity contribution in [2.24, 2.45) is 0 Å². The number of carbonyl (C=O) groups excluding carboxylic acids is 1. The van der Waals surface area contributed by atoms with Crippen molar-refractivity contribution in [3.8, 4) is 11.5 Å². The number of carbonyl (C=O) groups is 1. The molecule has 0 aliphatic heterocycles. The average Bonchev–Trinajstić information content (AvgIpc) is 3.08. The molecule has 26 heavy (non-hydrogen) atoms. The van der Waals surface area contributed by atoms with E-state index in [-0.39, 0.29) is 5.91 Å². The van der Waals surface area contributed by atoms with Crippen molar-refractivity contribution in [3.05, 3.63) is 76.5 Å². The maximum absolute atomic E-state index is 12.4. The third kappa shape index (κ3) is 3.27. The SMILES string of the molecule is O=C(Nc1ccc2nc(-c3ccncc3)oc2c1)c1ccc(Cl)c(Cl)c1. The van der Waals surface area contributed by atoms with Gasteiger partial charge in [-0.05, 0) is 42.5 Å². The van der Waals surface area contributed by atoms with Crippen molar-refractivity contribution in [3.63, 3.8) is 0 Å². The number of hydrogen-bond acceptors (Lipinski definition) is 4. The van der Waals surface area contributed by atoms with Gasteiger partial charge in [-0.1, -0.05) is 23.2 Å². The van der Waals surface area contributed by atoms with Gasteiger partial charge in [0.1, 0.15) is 5.52 Å². The molecule has 0 spiro atoms. The Morgan fingerprint density at radius 1 is 0.962 bits per heavy atom. The van der Waals surface area contributed by atoms with E-state index in [2.05, 4.69) is 15.3 Å². The zero-order chi connectivity index (χ0) is 18.1. The molecule has 0 atom stereocenters. The molecule has 2 aromatic carbocycles. The maximum Gasteiger partial charge on any atom is 0.255 e. The van der Waals surface area contributed by atoms with E-state index in [1.165, 1.54) is 6.07 Å². The van der Waals surface area contributed by atoms with Gasteiger partial charge in [-0.3, -0.25) is 9.78 Å². The molecule has 0 radical (unpaired) electrons. The molecule has 0 saturated carbocycles. The Labute approximate surface area is 158 Å². The molecule has 5 nitrogen and oxygen atoms in total. The van der Waals surface area contributed by atoms with Crippen molar-refractivity contribution < 1.29 is 9.21 Å². The Hall–Kier alpha value is -2.89. The molecule has 0 bridgehead atoms. The topological polar surface area (TPSA) is 68.0 Å². The van der Waals surface area contributed by atoms with Gasteiger partial charge in [0, 0.05) is 35.3 Å². The van der Waals surface area contributed by atoms with E-state index in [0.29, 0.717) is 38.3 Å². The van der Waals surface area contributed by atoms with Gasteiger partial charge in [-0.2, -0.15) is 0 Å². The first kappa shape index (κ1) is 16.6. The molecule has 0 unspecified atom stereocenters. The number of fused-ring (bicyclic) bond motifs is 1. The lowest BCUT2D eigenvalue weighted by molar-refractivity contribution is 0.102. The van der Waals surface area contributed by atoms with Crippen molar-refractivity contribution in [2.75, 3.05) is 5.32 Å². The first-order valence-electron chi connectivity index (χ1n) is 7.67. The van der Waals surface area contributed by atoms with Crippen molar-refractivity contribution >= 4 is 45.9 Å². The van der Waals surface area contributed by atoms with E-state index in [4.69, 9.17) is 27.6 Å². The number of amides is 1. The summed E-state index contributed by atoms with van der Waals surface area (Å²) < 4.78 is 5.79. The van der Waals surface area contributed by atoms with Gasteiger partial charge in [0.2, 0.25) is 5.89 Å². The molecule has 0 saturated heterocycles. The molecule has 0 fully saturated rings. The van der Waals surface area contributed by atoms with E-state index in [1.54, 1.807) is 42.7 Å². The lowest BCUT2D eigenvalue weighted by Gasteiger charge is -2.06. The van der Waals surface area contributed by atoms with E-state index >= 15 is 0 Å². The Kier molecular flexibility index (Phi) is 4.32. The summed E-state index contributed by atoms with van der Waals surface area (Å²) in [6, 6.07) is 13.6. The normalized spacial score (nSPS) is 10.8. The largest absolute Gasteiger partial charge is 0.436 e. The highest BCUT2D eigenvalue weighted by Gasteiger charge is 2.12. The van der Waals surface area contributed by atoms with Crippen LogP contribution in [-0.4, -0.2) is 15.9 Å². The molecule has 1 amide bonds. The second-order valence-electron chi connectivity index (χ2n) is 5.52. The summed E-state index contributed by atoms with van der Waals surface area (Å²) in [6.45, 7) is 0. The number of oxazole rings is 1. The number of nitrogens with zero attached hydrogens (tertiary/aromatic N) is 2. The highest BCUT2D eigenvalue weighted by atomic mass is 35.5. The standard InChI is InChI=1S/C19H11Cl2N3O2/c20-14-3-1-12(9-15(14)21)18(25)23-13-2-4-16-17(10-13)26-19(24-16)11-5-7-22-8-6-11/h1-10H,(H,23,25). The van der Waals surface area contributed by atoms with Crippen molar-refractivity contribution in [2.45, 2.75) is 0 Å². The third-order valence-electron chi connectivity index (χ3n) is 3.76. The van der Waals surface area contributed by atoms with Gasteiger partial charge in [-0.15, -0.1) is 0 Å². The lowest BCUT2D eigenvalue weighted by Crippen LogP contribution is -2.11. The van der Waals surface area contributed by atoms with Gasteiger partial charge in [0.05, 0.1) is 10.0 Å². The number of rotatable bonds is 3. The van der Waals surface area contributed by atoms with Crippen LogP contribution in [-0.2, 0) is 0 Å². The lowest BCUT2D eigenvalue weighted by atomic mass is 10.2. The molecule has 2 heterocycles. The van der Waals surface area contributed by atoms with Crippen LogP contribution in [0.2, 0.25) is 10.0 Å². The van der Waals surface area contributed by atoms with Crippen molar-refractivity contribution in [1.82, 2.24) is 9.97 Å². The molecular formula is C19H11Cl2N3O2. The number of halogens is 2. The second-order valence-corrected chi connectivity index (χ2v) is 6.33. The zero-order valence-electron chi connectivity index (χ0n) is 13.2.